The molecule has 0 saturated carbocycles. The Morgan fingerprint density at radius 2 is 1.69 bits per heavy atom. The average molecular weight is 362 g/mol. The number of hydrogen-bond acceptors (Lipinski definition) is 3. The molecule has 2 aromatic carbocycles. The zero-order valence-electron chi connectivity index (χ0n) is 13.3. The van der Waals surface area contributed by atoms with E-state index in [1.807, 2.05) is 0 Å². The molecule has 1 aromatic heterocycles. The van der Waals surface area contributed by atoms with Gasteiger partial charge in [0.2, 0.25) is 5.91 Å². The van der Waals surface area contributed by atoms with E-state index >= 15 is 0 Å². The molecular formula is C18H13F3N2O3. The van der Waals surface area contributed by atoms with Gasteiger partial charge in [-0.1, -0.05) is 18.2 Å². The molecule has 0 fully saturated rings. The van der Waals surface area contributed by atoms with Crippen LogP contribution in [0.25, 0.3) is 11.0 Å². The lowest BCUT2D eigenvalue weighted by atomic mass is 10.2. The number of rotatable bonds is 4. The fourth-order valence-corrected chi connectivity index (χ4v) is 2.29. The van der Waals surface area contributed by atoms with E-state index in [1.54, 1.807) is 30.3 Å². The van der Waals surface area contributed by atoms with Crippen LogP contribution in [0.4, 0.5) is 18.9 Å². The molecule has 2 N–H and O–H groups in total. The minimum absolute atomic E-state index is 0.0635. The van der Waals surface area contributed by atoms with Gasteiger partial charge in [0.1, 0.15) is 5.58 Å². The van der Waals surface area contributed by atoms with Gasteiger partial charge in [-0.2, -0.15) is 13.2 Å². The molecule has 134 valence electrons. The molecular weight excluding hydrogens is 349 g/mol. The zero-order valence-corrected chi connectivity index (χ0v) is 13.3. The Morgan fingerprint density at radius 1 is 1.00 bits per heavy atom. The van der Waals surface area contributed by atoms with Gasteiger partial charge >= 0.3 is 6.18 Å². The highest BCUT2D eigenvalue weighted by Gasteiger charge is 2.30. The molecule has 2 amide bonds. The van der Waals surface area contributed by atoms with E-state index in [1.165, 1.54) is 0 Å². The van der Waals surface area contributed by atoms with Crippen molar-refractivity contribution in [3.05, 3.63) is 65.9 Å². The quantitative estimate of drug-likeness (QED) is 0.741. The summed E-state index contributed by atoms with van der Waals surface area (Å²) in [6, 6.07) is 12.6. The van der Waals surface area contributed by atoms with E-state index in [9.17, 15) is 22.8 Å². The predicted octanol–water partition coefficient (Wildman–Crippen LogP) is 3.82. The first-order valence-electron chi connectivity index (χ1n) is 7.57. The first-order valence-corrected chi connectivity index (χ1v) is 7.57. The number of hydrogen-bond donors (Lipinski definition) is 2. The van der Waals surface area contributed by atoms with Gasteiger partial charge in [0.15, 0.2) is 5.76 Å². The molecule has 0 unspecified atom stereocenters. The van der Waals surface area contributed by atoms with Crippen LogP contribution in [0.15, 0.2) is 59.0 Å². The molecule has 0 aliphatic rings. The van der Waals surface area contributed by atoms with Crippen LogP contribution in [0.5, 0.6) is 0 Å². The largest absolute Gasteiger partial charge is 0.451 e. The molecule has 1 heterocycles. The van der Waals surface area contributed by atoms with E-state index in [2.05, 4.69) is 10.6 Å². The molecule has 0 aliphatic heterocycles. The molecule has 0 bridgehead atoms. The summed E-state index contributed by atoms with van der Waals surface area (Å²) in [6.07, 6.45) is -4.44. The molecule has 0 aliphatic carbocycles. The summed E-state index contributed by atoms with van der Waals surface area (Å²) < 4.78 is 42.8. The van der Waals surface area contributed by atoms with E-state index in [-0.39, 0.29) is 18.0 Å². The number of para-hydroxylation sites is 1. The number of amides is 2. The fraction of sp³-hybridized carbons (Fsp3) is 0.111. The lowest BCUT2D eigenvalue weighted by Crippen LogP contribution is -2.32. The highest BCUT2D eigenvalue weighted by molar-refractivity contribution is 6.00. The van der Waals surface area contributed by atoms with Crippen LogP contribution in [0.3, 0.4) is 0 Å². The molecule has 0 saturated heterocycles. The summed E-state index contributed by atoms with van der Waals surface area (Å²) in [5.74, 6) is -1.08. The smallest absolute Gasteiger partial charge is 0.416 e. The first-order chi connectivity index (χ1) is 12.3. The van der Waals surface area contributed by atoms with E-state index < -0.39 is 23.6 Å². The molecule has 26 heavy (non-hydrogen) atoms. The van der Waals surface area contributed by atoms with Crippen molar-refractivity contribution in [3.63, 3.8) is 0 Å². The maximum absolute atomic E-state index is 12.5. The average Bonchev–Trinajstić information content (AvgIpc) is 3.03. The molecule has 0 spiro atoms. The second-order valence-corrected chi connectivity index (χ2v) is 5.45. The van der Waals surface area contributed by atoms with E-state index in [0.717, 1.165) is 29.7 Å². The number of fused-ring (bicyclic) bond motifs is 1. The summed E-state index contributed by atoms with van der Waals surface area (Å²) in [4.78, 5) is 23.8. The van der Waals surface area contributed by atoms with Crippen LogP contribution in [-0.2, 0) is 11.0 Å². The molecule has 0 atom stereocenters. The normalized spacial score (nSPS) is 11.3. The number of nitrogens with one attached hydrogen (secondary N) is 2. The molecule has 0 radical (unpaired) electrons. The number of carbonyl (C=O) groups excluding carboxylic acids is 2. The number of carbonyl (C=O) groups is 2. The van der Waals surface area contributed by atoms with Crippen molar-refractivity contribution < 1.29 is 27.2 Å². The van der Waals surface area contributed by atoms with Crippen LogP contribution in [-0.4, -0.2) is 18.4 Å². The zero-order chi connectivity index (χ0) is 18.7. The molecule has 3 rings (SSSR count). The Hall–Kier alpha value is -3.29. The number of alkyl halides is 3. The van der Waals surface area contributed by atoms with Crippen molar-refractivity contribution in [2.24, 2.45) is 0 Å². The van der Waals surface area contributed by atoms with Gasteiger partial charge < -0.3 is 15.1 Å². The highest BCUT2D eigenvalue weighted by atomic mass is 19.4. The Kier molecular flexibility index (Phi) is 4.66. The summed E-state index contributed by atoms with van der Waals surface area (Å²) in [7, 11) is 0. The molecule has 3 aromatic rings. The first kappa shape index (κ1) is 17.5. The van der Waals surface area contributed by atoms with Crippen LogP contribution in [0, 0.1) is 0 Å². The molecule has 8 heteroatoms. The summed E-state index contributed by atoms with van der Waals surface area (Å²) >= 11 is 0. The van der Waals surface area contributed by atoms with Crippen molar-refractivity contribution in [1.82, 2.24) is 5.32 Å². The minimum atomic E-state index is -4.44. The monoisotopic (exact) mass is 362 g/mol. The van der Waals surface area contributed by atoms with Crippen molar-refractivity contribution in [1.29, 1.82) is 0 Å². The van der Waals surface area contributed by atoms with Crippen LogP contribution < -0.4 is 10.6 Å². The van der Waals surface area contributed by atoms with E-state index in [4.69, 9.17) is 4.42 Å². The standard InChI is InChI=1S/C18H13F3N2O3/c19-18(20,21)12-5-7-13(8-6-12)23-16(24)10-22-17(25)15-9-11-3-1-2-4-14(11)26-15/h1-9H,10H2,(H,22,25)(H,23,24). The third kappa shape index (κ3) is 4.02. The fourth-order valence-electron chi connectivity index (χ4n) is 2.29. The van der Waals surface area contributed by atoms with Crippen molar-refractivity contribution >= 4 is 28.5 Å². The highest BCUT2D eigenvalue weighted by Crippen LogP contribution is 2.29. The maximum Gasteiger partial charge on any atom is 0.416 e. The molecule has 5 nitrogen and oxygen atoms in total. The summed E-state index contributed by atoms with van der Waals surface area (Å²) in [5, 5.41) is 5.55. The Bertz CT molecular complexity index is 913. The van der Waals surface area contributed by atoms with Crippen LogP contribution in [0.1, 0.15) is 16.1 Å². The van der Waals surface area contributed by atoms with Crippen molar-refractivity contribution in [2.45, 2.75) is 6.18 Å². The number of halogens is 3. The topological polar surface area (TPSA) is 71.3 Å². The summed E-state index contributed by atoms with van der Waals surface area (Å²) in [5.41, 5.74) is -0.0680. The van der Waals surface area contributed by atoms with Crippen molar-refractivity contribution in [3.8, 4) is 0 Å². The Balaban J connectivity index is 1.55. The van der Waals surface area contributed by atoms with Gasteiger partial charge in [0, 0.05) is 11.1 Å². The minimum Gasteiger partial charge on any atom is -0.451 e. The number of benzene rings is 2. The summed E-state index contributed by atoms with van der Waals surface area (Å²) in [6.45, 7) is -0.350. The van der Waals surface area contributed by atoms with Gasteiger partial charge in [-0.05, 0) is 36.4 Å². The van der Waals surface area contributed by atoms with Crippen molar-refractivity contribution in [2.75, 3.05) is 11.9 Å². The van der Waals surface area contributed by atoms with Crippen LogP contribution >= 0.6 is 0 Å². The maximum atomic E-state index is 12.5. The van der Waals surface area contributed by atoms with Gasteiger partial charge in [0.25, 0.3) is 5.91 Å². The van der Waals surface area contributed by atoms with Gasteiger partial charge in [-0.3, -0.25) is 9.59 Å². The number of furan rings is 1. The van der Waals surface area contributed by atoms with E-state index in [0.29, 0.717) is 5.58 Å². The van der Waals surface area contributed by atoms with Gasteiger partial charge in [-0.25, -0.2) is 0 Å². The lowest BCUT2D eigenvalue weighted by molar-refractivity contribution is -0.137. The number of anilines is 1. The third-order valence-corrected chi connectivity index (χ3v) is 3.55. The van der Waals surface area contributed by atoms with Crippen LogP contribution in [0.2, 0.25) is 0 Å². The predicted molar refractivity (Wildman–Crippen MR) is 88.6 cm³/mol. The van der Waals surface area contributed by atoms with Gasteiger partial charge in [-0.15, -0.1) is 0 Å². The second kappa shape index (κ2) is 6.91. The second-order valence-electron chi connectivity index (χ2n) is 5.45. The SMILES string of the molecule is O=C(CNC(=O)c1cc2ccccc2o1)Nc1ccc(C(F)(F)F)cc1. The van der Waals surface area contributed by atoms with Gasteiger partial charge in [0.05, 0.1) is 12.1 Å². The Labute approximate surface area is 145 Å². The lowest BCUT2D eigenvalue weighted by Gasteiger charge is -2.09. The third-order valence-electron chi connectivity index (χ3n) is 3.55. The Morgan fingerprint density at radius 3 is 2.35 bits per heavy atom.